The third-order valence-electron chi connectivity index (χ3n) is 5.31. The first-order chi connectivity index (χ1) is 13.4. The highest BCUT2D eigenvalue weighted by Crippen LogP contribution is 2.25. The zero-order valence-electron chi connectivity index (χ0n) is 16.9. The summed E-state index contributed by atoms with van der Waals surface area (Å²) in [4.78, 5) is 27.0. The van der Waals surface area contributed by atoms with Crippen molar-refractivity contribution in [1.29, 1.82) is 0 Å². The maximum Gasteiger partial charge on any atom is 0.314 e. The van der Waals surface area contributed by atoms with E-state index in [1.807, 2.05) is 48.5 Å². The highest BCUT2D eigenvalue weighted by Gasteiger charge is 2.18. The van der Waals surface area contributed by atoms with E-state index in [2.05, 4.69) is 36.3 Å². The minimum atomic E-state index is -0.668. The van der Waals surface area contributed by atoms with Crippen LogP contribution in [0, 0.1) is 5.92 Å². The van der Waals surface area contributed by atoms with E-state index in [1.165, 1.54) is 12.8 Å². The van der Waals surface area contributed by atoms with Gasteiger partial charge in [-0.2, -0.15) is 0 Å². The van der Waals surface area contributed by atoms with Crippen LogP contribution in [0.5, 0.6) is 0 Å². The summed E-state index contributed by atoms with van der Waals surface area (Å²) in [6, 6.07) is 15.2. The smallest absolute Gasteiger partial charge is 0.314 e. The van der Waals surface area contributed by atoms with E-state index in [0.29, 0.717) is 11.4 Å². The number of anilines is 3. The van der Waals surface area contributed by atoms with Gasteiger partial charge in [-0.15, -0.1) is 0 Å². The Hall–Kier alpha value is -2.82. The fraction of sp³-hybridized carbons (Fsp3) is 0.391. The van der Waals surface area contributed by atoms with E-state index in [1.54, 1.807) is 0 Å². The van der Waals surface area contributed by atoms with Crippen LogP contribution in [0.25, 0.3) is 0 Å². The maximum atomic E-state index is 12.3. The molecule has 5 heteroatoms. The average Bonchev–Trinajstić information content (AvgIpc) is 2.69. The second-order valence-electron chi connectivity index (χ2n) is 7.87. The number of piperidine rings is 1. The van der Waals surface area contributed by atoms with Crippen molar-refractivity contribution in [2.75, 3.05) is 28.6 Å². The van der Waals surface area contributed by atoms with Gasteiger partial charge in [0, 0.05) is 30.2 Å². The quantitative estimate of drug-likeness (QED) is 0.762. The molecule has 2 aromatic rings. The summed E-state index contributed by atoms with van der Waals surface area (Å²) >= 11 is 0. The van der Waals surface area contributed by atoms with Crippen molar-refractivity contribution in [2.24, 2.45) is 5.92 Å². The summed E-state index contributed by atoms with van der Waals surface area (Å²) in [7, 11) is 0. The SMILES string of the molecule is CC1CCN(c2ccc(NC(=O)C(=O)Nc3ccccc3C(C)C)cc2)CC1. The lowest BCUT2D eigenvalue weighted by Crippen LogP contribution is -2.32. The molecular weight excluding hydrogens is 350 g/mol. The van der Waals surface area contributed by atoms with Gasteiger partial charge in [0.15, 0.2) is 0 Å². The van der Waals surface area contributed by atoms with Gasteiger partial charge in [0.25, 0.3) is 0 Å². The molecule has 1 aliphatic heterocycles. The van der Waals surface area contributed by atoms with Crippen molar-refractivity contribution in [3.63, 3.8) is 0 Å². The molecule has 0 saturated carbocycles. The summed E-state index contributed by atoms with van der Waals surface area (Å²) in [5, 5.41) is 5.40. The first kappa shape index (κ1) is 19.9. The Bertz CT molecular complexity index is 822. The van der Waals surface area contributed by atoms with Crippen LogP contribution in [0.2, 0.25) is 0 Å². The van der Waals surface area contributed by atoms with Gasteiger partial charge in [0.05, 0.1) is 0 Å². The van der Waals surface area contributed by atoms with Crippen molar-refractivity contribution in [3.8, 4) is 0 Å². The summed E-state index contributed by atoms with van der Waals surface area (Å²) in [5.41, 5.74) is 3.45. The second kappa shape index (κ2) is 8.91. The van der Waals surface area contributed by atoms with Crippen LogP contribution < -0.4 is 15.5 Å². The van der Waals surface area contributed by atoms with E-state index in [9.17, 15) is 9.59 Å². The molecule has 28 heavy (non-hydrogen) atoms. The molecule has 0 radical (unpaired) electrons. The molecule has 148 valence electrons. The van der Waals surface area contributed by atoms with Gasteiger partial charge in [-0.3, -0.25) is 9.59 Å². The number of benzene rings is 2. The molecule has 5 nitrogen and oxygen atoms in total. The molecular formula is C23H29N3O2. The molecule has 0 bridgehead atoms. The number of para-hydroxylation sites is 1. The molecule has 0 unspecified atom stereocenters. The van der Waals surface area contributed by atoms with E-state index in [0.717, 1.165) is 30.3 Å². The molecule has 1 saturated heterocycles. The van der Waals surface area contributed by atoms with Crippen molar-refractivity contribution < 1.29 is 9.59 Å². The maximum absolute atomic E-state index is 12.3. The van der Waals surface area contributed by atoms with Gasteiger partial charge in [-0.05, 0) is 60.6 Å². The Labute approximate surface area is 167 Å². The van der Waals surface area contributed by atoms with Crippen molar-refractivity contribution >= 4 is 28.9 Å². The number of nitrogens with zero attached hydrogens (tertiary/aromatic N) is 1. The van der Waals surface area contributed by atoms with Crippen LogP contribution in [0.3, 0.4) is 0 Å². The topological polar surface area (TPSA) is 61.4 Å². The Kier molecular flexibility index (Phi) is 6.34. The lowest BCUT2D eigenvalue weighted by molar-refractivity contribution is -0.133. The lowest BCUT2D eigenvalue weighted by atomic mass is 9.99. The fourth-order valence-electron chi connectivity index (χ4n) is 3.50. The predicted molar refractivity (Wildman–Crippen MR) is 115 cm³/mol. The number of amides is 2. The Morgan fingerprint density at radius 3 is 2.18 bits per heavy atom. The van der Waals surface area contributed by atoms with Crippen molar-refractivity contribution in [2.45, 2.75) is 39.5 Å². The standard InChI is InChI=1S/C23H29N3O2/c1-16(2)20-6-4-5-7-21(20)25-23(28)22(27)24-18-8-10-19(11-9-18)26-14-12-17(3)13-15-26/h4-11,16-17H,12-15H2,1-3H3,(H,24,27)(H,25,28). The Morgan fingerprint density at radius 1 is 0.929 bits per heavy atom. The summed E-state index contributed by atoms with van der Waals surface area (Å²) in [6.07, 6.45) is 2.41. The van der Waals surface area contributed by atoms with Gasteiger partial charge < -0.3 is 15.5 Å². The highest BCUT2D eigenvalue weighted by molar-refractivity contribution is 6.43. The number of hydrogen-bond donors (Lipinski definition) is 2. The Balaban J connectivity index is 1.59. The lowest BCUT2D eigenvalue weighted by Gasteiger charge is -2.32. The van der Waals surface area contributed by atoms with Crippen LogP contribution >= 0.6 is 0 Å². The molecule has 0 aliphatic carbocycles. The first-order valence-electron chi connectivity index (χ1n) is 10.0. The van der Waals surface area contributed by atoms with Gasteiger partial charge in [0.1, 0.15) is 0 Å². The van der Waals surface area contributed by atoms with Gasteiger partial charge in [-0.25, -0.2) is 0 Å². The van der Waals surface area contributed by atoms with E-state index < -0.39 is 11.8 Å². The van der Waals surface area contributed by atoms with E-state index in [-0.39, 0.29) is 5.92 Å². The van der Waals surface area contributed by atoms with Crippen molar-refractivity contribution in [1.82, 2.24) is 0 Å². The molecule has 2 N–H and O–H groups in total. The number of carbonyl (C=O) groups is 2. The second-order valence-corrected chi connectivity index (χ2v) is 7.87. The molecule has 1 aliphatic rings. The zero-order valence-corrected chi connectivity index (χ0v) is 16.9. The minimum absolute atomic E-state index is 0.255. The summed E-state index contributed by atoms with van der Waals surface area (Å²) < 4.78 is 0. The highest BCUT2D eigenvalue weighted by atomic mass is 16.2. The van der Waals surface area contributed by atoms with Crippen LogP contribution in [0.4, 0.5) is 17.1 Å². The average molecular weight is 380 g/mol. The molecule has 0 spiro atoms. The normalized spacial score (nSPS) is 14.8. The van der Waals surface area contributed by atoms with Crippen molar-refractivity contribution in [3.05, 3.63) is 54.1 Å². The fourth-order valence-corrected chi connectivity index (χ4v) is 3.50. The third kappa shape index (κ3) is 4.91. The Morgan fingerprint density at radius 2 is 1.54 bits per heavy atom. The monoisotopic (exact) mass is 379 g/mol. The molecule has 1 heterocycles. The van der Waals surface area contributed by atoms with Gasteiger partial charge in [0.2, 0.25) is 0 Å². The van der Waals surface area contributed by atoms with Crippen LogP contribution in [0.15, 0.2) is 48.5 Å². The summed E-state index contributed by atoms with van der Waals surface area (Å²) in [5.74, 6) is -0.292. The molecule has 0 aromatic heterocycles. The van der Waals surface area contributed by atoms with E-state index in [4.69, 9.17) is 0 Å². The molecule has 1 fully saturated rings. The van der Waals surface area contributed by atoms with Crippen LogP contribution in [0.1, 0.15) is 45.1 Å². The van der Waals surface area contributed by atoms with Gasteiger partial charge >= 0.3 is 11.8 Å². The van der Waals surface area contributed by atoms with Crippen LogP contribution in [-0.2, 0) is 9.59 Å². The predicted octanol–water partition coefficient (Wildman–Crippen LogP) is 4.62. The number of nitrogens with one attached hydrogen (secondary N) is 2. The molecule has 2 amide bonds. The number of carbonyl (C=O) groups excluding carboxylic acids is 2. The zero-order chi connectivity index (χ0) is 20.1. The molecule has 3 rings (SSSR count). The third-order valence-corrected chi connectivity index (χ3v) is 5.31. The number of hydrogen-bond acceptors (Lipinski definition) is 3. The largest absolute Gasteiger partial charge is 0.372 e. The van der Waals surface area contributed by atoms with E-state index >= 15 is 0 Å². The first-order valence-corrected chi connectivity index (χ1v) is 10.0. The molecule has 0 atom stereocenters. The molecule has 2 aromatic carbocycles. The minimum Gasteiger partial charge on any atom is -0.372 e. The number of rotatable bonds is 4. The van der Waals surface area contributed by atoms with Gasteiger partial charge in [-0.1, -0.05) is 39.0 Å². The van der Waals surface area contributed by atoms with Crippen LogP contribution in [-0.4, -0.2) is 24.9 Å². The summed E-state index contributed by atoms with van der Waals surface area (Å²) in [6.45, 7) is 8.51.